The zero-order valence-corrected chi connectivity index (χ0v) is 14.0. The van der Waals surface area contributed by atoms with Gasteiger partial charge in [0.2, 0.25) is 0 Å². The number of rotatable bonds is 2. The van der Waals surface area contributed by atoms with Crippen LogP contribution in [0.2, 0.25) is 5.15 Å². The Morgan fingerprint density at radius 2 is 2.17 bits per heavy atom. The van der Waals surface area contributed by atoms with Crippen molar-refractivity contribution in [2.24, 2.45) is 0 Å². The second-order valence-corrected chi connectivity index (χ2v) is 7.65. The molecule has 23 heavy (non-hydrogen) atoms. The average molecular weight is 341 g/mol. The third kappa shape index (κ3) is 2.15. The van der Waals surface area contributed by atoms with Gasteiger partial charge in [0.25, 0.3) is 0 Å². The van der Waals surface area contributed by atoms with Crippen LogP contribution < -0.4 is 0 Å². The molecule has 0 unspecified atom stereocenters. The number of thiazole rings is 1. The van der Waals surface area contributed by atoms with Gasteiger partial charge in [0.1, 0.15) is 5.15 Å². The molecule has 0 aliphatic heterocycles. The summed E-state index contributed by atoms with van der Waals surface area (Å²) in [6.07, 6.45) is 4.73. The van der Waals surface area contributed by atoms with Gasteiger partial charge >= 0.3 is 0 Å². The molecule has 0 saturated heterocycles. The molecule has 0 amide bonds. The van der Waals surface area contributed by atoms with Gasteiger partial charge in [-0.05, 0) is 48.9 Å². The summed E-state index contributed by atoms with van der Waals surface area (Å²) in [5.41, 5.74) is 4.56. The number of fused-ring (bicyclic) bond motifs is 2. The van der Waals surface area contributed by atoms with Gasteiger partial charge in [-0.3, -0.25) is 0 Å². The van der Waals surface area contributed by atoms with Crippen LogP contribution in [0, 0.1) is 6.92 Å². The fraction of sp³-hybridized carbons (Fsp3) is 0.235. The van der Waals surface area contributed by atoms with Crippen LogP contribution in [0.3, 0.4) is 0 Å². The minimum Gasteiger partial charge on any atom is -0.242 e. The maximum atomic E-state index is 6.16. The van der Waals surface area contributed by atoms with Gasteiger partial charge in [-0.25, -0.2) is 14.5 Å². The molecule has 0 N–H and O–H groups in total. The Bertz CT molecular complexity index is 1050. The van der Waals surface area contributed by atoms with E-state index in [0.29, 0.717) is 17.0 Å². The molecule has 1 aliphatic carbocycles. The molecule has 3 heterocycles. The lowest BCUT2D eigenvalue weighted by Crippen LogP contribution is -1.96. The summed E-state index contributed by atoms with van der Waals surface area (Å²) in [5.74, 6) is 0.970. The lowest BCUT2D eigenvalue weighted by molar-refractivity contribution is 0.906. The second kappa shape index (κ2) is 4.76. The van der Waals surface area contributed by atoms with Gasteiger partial charge in [0.05, 0.1) is 15.2 Å². The van der Waals surface area contributed by atoms with E-state index in [9.17, 15) is 0 Å². The first-order chi connectivity index (χ1) is 11.2. The topological polar surface area (TPSA) is 43.1 Å². The highest BCUT2D eigenvalue weighted by Crippen LogP contribution is 2.55. The molecule has 0 spiro atoms. The van der Waals surface area contributed by atoms with E-state index in [4.69, 9.17) is 11.6 Å². The highest BCUT2D eigenvalue weighted by atomic mass is 35.5. The van der Waals surface area contributed by atoms with Crippen molar-refractivity contribution in [3.05, 3.63) is 57.9 Å². The van der Waals surface area contributed by atoms with E-state index in [1.807, 2.05) is 12.3 Å². The molecule has 1 fully saturated rings. The van der Waals surface area contributed by atoms with Crippen molar-refractivity contribution in [1.29, 1.82) is 0 Å². The highest BCUT2D eigenvalue weighted by Gasteiger charge is 2.41. The SMILES string of the molecule is Cc1nc2cc([C@@H]3C[C@@H]3c3cc(Cl)nn4ccnc34)ccc2s1. The number of benzene rings is 1. The number of aromatic nitrogens is 4. The van der Waals surface area contributed by atoms with Crippen molar-refractivity contribution in [3.8, 4) is 0 Å². The summed E-state index contributed by atoms with van der Waals surface area (Å²) in [6.45, 7) is 2.05. The monoisotopic (exact) mass is 340 g/mol. The molecule has 1 aromatic carbocycles. The van der Waals surface area contributed by atoms with E-state index >= 15 is 0 Å². The molecule has 1 aliphatic rings. The quantitative estimate of drug-likeness (QED) is 0.536. The normalized spacial score (nSPS) is 20.4. The van der Waals surface area contributed by atoms with Crippen LogP contribution in [0.1, 0.15) is 34.4 Å². The number of imidazole rings is 1. The van der Waals surface area contributed by atoms with Crippen molar-refractivity contribution in [2.75, 3.05) is 0 Å². The van der Waals surface area contributed by atoms with Crippen LogP contribution in [0.25, 0.3) is 15.9 Å². The zero-order chi connectivity index (χ0) is 15.6. The molecule has 114 valence electrons. The van der Waals surface area contributed by atoms with Crippen LogP contribution >= 0.6 is 22.9 Å². The molecule has 4 nitrogen and oxygen atoms in total. The van der Waals surface area contributed by atoms with E-state index in [1.165, 1.54) is 15.8 Å². The van der Waals surface area contributed by atoms with E-state index in [-0.39, 0.29) is 0 Å². The number of nitrogens with zero attached hydrogens (tertiary/aromatic N) is 4. The summed E-state index contributed by atoms with van der Waals surface area (Å²) in [4.78, 5) is 9.04. The standard InChI is InChI=1S/C17H13ClN4S/c1-9-20-14-6-10(2-3-15(14)23-9)11-7-12(11)13-8-16(18)21-22-5-4-19-17(13)22/h2-6,8,11-12H,7H2,1H3/t11-,12-/m0/s1. The van der Waals surface area contributed by atoms with Gasteiger partial charge < -0.3 is 0 Å². The van der Waals surface area contributed by atoms with Crippen molar-refractivity contribution < 1.29 is 0 Å². The summed E-state index contributed by atoms with van der Waals surface area (Å²) >= 11 is 7.90. The molecule has 3 aromatic heterocycles. The van der Waals surface area contributed by atoms with Crippen molar-refractivity contribution in [1.82, 2.24) is 19.6 Å². The summed E-state index contributed by atoms with van der Waals surface area (Å²) in [5, 5.41) is 5.89. The van der Waals surface area contributed by atoms with Gasteiger partial charge in [-0.2, -0.15) is 5.10 Å². The first-order valence-corrected chi connectivity index (χ1v) is 8.75. The second-order valence-electron chi connectivity index (χ2n) is 6.03. The molecule has 1 saturated carbocycles. The highest BCUT2D eigenvalue weighted by molar-refractivity contribution is 7.18. The third-order valence-electron chi connectivity index (χ3n) is 4.49. The Morgan fingerprint density at radius 1 is 1.26 bits per heavy atom. The van der Waals surface area contributed by atoms with E-state index in [2.05, 4.69) is 40.2 Å². The Hall–Kier alpha value is -1.98. The Balaban J connectivity index is 1.55. The number of hydrogen-bond acceptors (Lipinski definition) is 4. The van der Waals surface area contributed by atoms with E-state index in [0.717, 1.165) is 22.6 Å². The van der Waals surface area contributed by atoms with Crippen LogP contribution in [-0.2, 0) is 0 Å². The van der Waals surface area contributed by atoms with Gasteiger partial charge in [0.15, 0.2) is 5.65 Å². The Kier molecular flexibility index (Phi) is 2.78. The average Bonchev–Trinajstić information content (AvgIpc) is 3.01. The fourth-order valence-electron chi connectivity index (χ4n) is 3.38. The van der Waals surface area contributed by atoms with Crippen molar-refractivity contribution in [2.45, 2.75) is 25.2 Å². The molecule has 0 radical (unpaired) electrons. The largest absolute Gasteiger partial charge is 0.242 e. The predicted molar refractivity (Wildman–Crippen MR) is 92.5 cm³/mol. The minimum atomic E-state index is 0.456. The Labute approximate surface area is 141 Å². The number of halogens is 1. The van der Waals surface area contributed by atoms with Gasteiger partial charge in [-0.1, -0.05) is 17.7 Å². The number of hydrogen-bond donors (Lipinski definition) is 0. The lowest BCUT2D eigenvalue weighted by Gasteiger charge is -2.04. The fourth-order valence-corrected chi connectivity index (χ4v) is 4.39. The molecular formula is C17H13ClN4S. The van der Waals surface area contributed by atoms with Crippen LogP contribution in [0.4, 0.5) is 0 Å². The summed E-state index contributed by atoms with van der Waals surface area (Å²) in [7, 11) is 0. The molecule has 5 rings (SSSR count). The van der Waals surface area contributed by atoms with E-state index in [1.54, 1.807) is 22.0 Å². The first-order valence-electron chi connectivity index (χ1n) is 7.56. The van der Waals surface area contributed by atoms with Crippen molar-refractivity contribution >= 4 is 38.8 Å². The van der Waals surface area contributed by atoms with Gasteiger partial charge in [-0.15, -0.1) is 11.3 Å². The maximum Gasteiger partial charge on any atom is 0.157 e. The molecule has 4 aromatic rings. The number of aryl methyl sites for hydroxylation is 1. The molecule has 0 bridgehead atoms. The van der Waals surface area contributed by atoms with Gasteiger partial charge in [0, 0.05) is 18.0 Å². The smallest absolute Gasteiger partial charge is 0.157 e. The molecule has 2 atom stereocenters. The summed E-state index contributed by atoms with van der Waals surface area (Å²) in [6, 6.07) is 8.61. The molecule has 6 heteroatoms. The maximum absolute atomic E-state index is 6.16. The summed E-state index contributed by atoms with van der Waals surface area (Å²) < 4.78 is 3.02. The minimum absolute atomic E-state index is 0.456. The third-order valence-corrected chi connectivity index (χ3v) is 5.63. The van der Waals surface area contributed by atoms with Crippen LogP contribution in [-0.4, -0.2) is 19.6 Å². The van der Waals surface area contributed by atoms with Crippen LogP contribution in [0.15, 0.2) is 36.7 Å². The predicted octanol–water partition coefficient (Wildman–Crippen LogP) is 4.57. The Morgan fingerprint density at radius 3 is 3.09 bits per heavy atom. The van der Waals surface area contributed by atoms with Crippen molar-refractivity contribution in [3.63, 3.8) is 0 Å². The lowest BCUT2D eigenvalue weighted by atomic mass is 10.1. The van der Waals surface area contributed by atoms with Crippen LogP contribution in [0.5, 0.6) is 0 Å². The first kappa shape index (κ1) is 13.5. The molecular weight excluding hydrogens is 328 g/mol. The van der Waals surface area contributed by atoms with E-state index < -0.39 is 0 Å². The zero-order valence-electron chi connectivity index (χ0n) is 12.4.